The van der Waals surface area contributed by atoms with Crippen LogP contribution in [0.1, 0.15) is 74.1 Å². The van der Waals surface area contributed by atoms with Crippen LogP contribution in [0.15, 0.2) is 12.1 Å². The number of hydrogen-bond donors (Lipinski definition) is 1. The summed E-state index contributed by atoms with van der Waals surface area (Å²) in [6.07, 6.45) is 4.47. The van der Waals surface area contributed by atoms with E-state index in [0.29, 0.717) is 6.42 Å². The van der Waals surface area contributed by atoms with E-state index in [0.717, 1.165) is 12.8 Å². The predicted octanol–water partition coefficient (Wildman–Crippen LogP) is 5.21. The molecule has 0 bridgehead atoms. The molecule has 156 valence electrons. The van der Waals surface area contributed by atoms with Crippen molar-refractivity contribution in [3.63, 3.8) is 0 Å². The lowest BCUT2D eigenvalue weighted by Crippen LogP contribution is -2.43. The average molecular weight is 398 g/mol. The SMILES string of the molecule is CC1(C)OB(/C=C/[C@@H](CCCCC(=O)O)O[Si](C)(C)C(C)(C)C)OC1(C)C. The van der Waals surface area contributed by atoms with Gasteiger partial charge in [0.1, 0.15) is 0 Å². The lowest BCUT2D eigenvalue weighted by atomic mass is 9.89. The highest BCUT2D eigenvalue weighted by molar-refractivity contribution is 6.74. The molecular formula is C20H39BO5Si. The van der Waals surface area contributed by atoms with E-state index >= 15 is 0 Å². The number of hydrogen-bond acceptors (Lipinski definition) is 4. The highest BCUT2D eigenvalue weighted by Gasteiger charge is 2.50. The smallest absolute Gasteiger partial charge is 0.481 e. The predicted molar refractivity (Wildman–Crippen MR) is 113 cm³/mol. The molecular weight excluding hydrogens is 359 g/mol. The molecule has 1 saturated heterocycles. The van der Waals surface area contributed by atoms with Crippen LogP contribution < -0.4 is 0 Å². The molecule has 0 aromatic heterocycles. The minimum Gasteiger partial charge on any atom is -0.481 e. The number of aliphatic carboxylic acids is 1. The van der Waals surface area contributed by atoms with Crippen LogP contribution in [0.4, 0.5) is 0 Å². The number of carboxylic acids is 1. The Hall–Kier alpha value is -0.628. The number of carboxylic acid groups (broad SMARTS) is 1. The van der Waals surface area contributed by atoms with Crippen molar-refractivity contribution < 1.29 is 23.6 Å². The standard InChI is InChI=1S/C20H39BO5Si/c1-18(2,3)27(8,9)24-16(12-10-11-13-17(22)23)14-15-21-25-19(4,5)20(6,7)26-21/h14-16H,10-13H2,1-9H3,(H,22,23)/b15-14+/t16-/m1/s1. The van der Waals surface area contributed by atoms with Gasteiger partial charge in [0.15, 0.2) is 8.32 Å². The normalized spacial score (nSPS) is 21.0. The Morgan fingerprint density at radius 3 is 2.11 bits per heavy atom. The molecule has 0 amide bonds. The van der Waals surface area contributed by atoms with Crippen molar-refractivity contribution in [1.82, 2.24) is 0 Å². The lowest BCUT2D eigenvalue weighted by Gasteiger charge is -2.38. The van der Waals surface area contributed by atoms with Crippen molar-refractivity contribution in [3.8, 4) is 0 Å². The van der Waals surface area contributed by atoms with Crippen molar-refractivity contribution >= 4 is 21.4 Å². The van der Waals surface area contributed by atoms with E-state index in [9.17, 15) is 4.79 Å². The maximum atomic E-state index is 10.8. The molecule has 0 aliphatic carbocycles. The molecule has 0 unspecified atom stereocenters. The van der Waals surface area contributed by atoms with Gasteiger partial charge in [-0.05, 0) is 58.7 Å². The van der Waals surface area contributed by atoms with Crippen LogP contribution in [0.3, 0.4) is 0 Å². The molecule has 7 heteroatoms. The molecule has 27 heavy (non-hydrogen) atoms. The third-order valence-corrected chi connectivity index (χ3v) is 10.6. The Morgan fingerprint density at radius 1 is 1.15 bits per heavy atom. The quantitative estimate of drug-likeness (QED) is 0.427. The monoisotopic (exact) mass is 398 g/mol. The third kappa shape index (κ3) is 7.04. The molecule has 0 saturated carbocycles. The Bertz CT molecular complexity index is 521. The lowest BCUT2D eigenvalue weighted by molar-refractivity contribution is -0.137. The van der Waals surface area contributed by atoms with Gasteiger partial charge in [0.25, 0.3) is 0 Å². The van der Waals surface area contributed by atoms with Gasteiger partial charge in [0.2, 0.25) is 0 Å². The second-order valence-electron chi connectivity index (χ2n) is 10.1. The second-order valence-corrected chi connectivity index (χ2v) is 14.8. The van der Waals surface area contributed by atoms with Gasteiger partial charge in [0, 0.05) is 6.42 Å². The van der Waals surface area contributed by atoms with E-state index in [-0.39, 0.29) is 35.9 Å². The van der Waals surface area contributed by atoms with E-state index in [1.807, 2.05) is 39.7 Å². The summed E-state index contributed by atoms with van der Waals surface area (Å²) >= 11 is 0. The zero-order valence-corrected chi connectivity index (χ0v) is 19.7. The highest BCUT2D eigenvalue weighted by Crippen LogP contribution is 2.39. The summed E-state index contributed by atoms with van der Waals surface area (Å²) in [5, 5.41) is 8.96. The summed E-state index contributed by atoms with van der Waals surface area (Å²) in [4.78, 5) is 10.8. The van der Waals surface area contributed by atoms with Crippen LogP contribution in [-0.2, 0) is 18.5 Å². The van der Waals surface area contributed by atoms with Crippen molar-refractivity contribution in [3.05, 3.63) is 12.1 Å². The van der Waals surface area contributed by atoms with E-state index in [1.165, 1.54) is 0 Å². The highest BCUT2D eigenvalue weighted by atomic mass is 28.4. The van der Waals surface area contributed by atoms with Crippen LogP contribution in [-0.4, -0.2) is 43.8 Å². The fraction of sp³-hybridized carbons (Fsp3) is 0.850. The number of unbranched alkanes of at least 4 members (excludes halogenated alkanes) is 1. The van der Waals surface area contributed by atoms with Crippen LogP contribution in [0.5, 0.6) is 0 Å². The first-order valence-corrected chi connectivity index (χ1v) is 12.9. The minimum absolute atomic E-state index is 0.0567. The first-order valence-electron chi connectivity index (χ1n) is 10.0. The summed E-state index contributed by atoms with van der Waals surface area (Å²) in [6.45, 7) is 19.3. The zero-order chi connectivity index (χ0) is 21.1. The third-order valence-electron chi connectivity index (χ3n) is 6.14. The largest absolute Gasteiger partial charge is 0.486 e. The fourth-order valence-electron chi connectivity index (χ4n) is 2.55. The molecule has 1 aliphatic heterocycles. The number of carbonyl (C=O) groups is 1. The molecule has 1 rings (SSSR count). The van der Waals surface area contributed by atoms with Gasteiger partial charge >= 0.3 is 13.1 Å². The molecule has 0 aromatic carbocycles. The van der Waals surface area contributed by atoms with Crippen LogP contribution in [0.25, 0.3) is 0 Å². The van der Waals surface area contributed by atoms with Crippen LogP contribution in [0, 0.1) is 0 Å². The number of rotatable bonds is 9. The maximum absolute atomic E-state index is 10.8. The molecule has 1 atom stereocenters. The van der Waals surface area contributed by atoms with Gasteiger partial charge < -0.3 is 18.8 Å². The van der Waals surface area contributed by atoms with E-state index < -0.39 is 14.3 Å². The van der Waals surface area contributed by atoms with E-state index in [2.05, 4.69) is 33.9 Å². The molecule has 0 radical (unpaired) electrons. The molecule has 1 fully saturated rings. The maximum Gasteiger partial charge on any atom is 0.486 e. The summed E-state index contributed by atoms with van der Waals surface area (Å²) in [5.74, 6) is 1.20. The van der Waals surface area contributed by atoms with Crippen molar-refractivity contribution in [1.29, 1.82) is 0 Å². The summed E-state index contributed by atoms with van der Waals surface area (Å²) in [7, 11) is -2.32. The molecule has 1 N–H and O–H groups in total. The fourth-order valence-corrected chi connectivity index (χ4v) is 3.86. The van der Waals surface area contributed by atoms with E-state index in [4.69, 9.17) is 18.8 Å². The van der Waals surface area contributed by atoms with Gasteiger partial charge in [-0.25, -0.2) is 0 Å². The molecule has 1 aliphatic rings. The Labute approximate surface area is 167 Å². The Kier molecular flexibility index (Phi) is 7.96. The minimum atomic E-state index is -1.93. The molecule has 0 aromatic rings. The summed E-state index contributed by atoms with van der Waals surface area (Å²) in [6, 6.07) is 0. The molecule has 1 heterocycles. The molecule has 0 spiro atoms. The van der Waals surface area contributed by atoms with Gasteiger partial charge in [-0.15, -0.1) is 0 Å². The van der Waals surface area contributed by atoms with Gasteiger partial charge in [0.05, 0.1) is 17.3 Å². The summed E-state index contributed by atoms with van der Waals surface area (Å²) < 4.78 is 18.6. The first-order chi connectivity index (χ1) is 12.1. The zero-order valence-electron chi connectivity index (χ0n) is 18.7. The topological polar surface area (TPSA) is 65.0 Å². The van der Waals surface area contributed by atoms with Crippen LogP contribution in [0.2, 0.25) is 18.1 Å². The average Bonchev–Trinajstić information content (AvgIpc) is 2.66. The summed E-state index contributed by atoms with van der Waals surface area (Å²) in [5.41, 5.74) is -0.724. The molecule has 5 nitrogen and oxygen atoms in total. The van der Waals surface area contributed by atoms with Crippen molar-refractivity contribution in [2.75, 3.05) is 0 Å². The van der Waals surface area contributed by atoms with Crippen LogP contribution >= 0.6 is 0 Å². The first kappa shape index (κ1) is 24.4. The Balaban J connectivity index is 2.80. The van der Waals surface area contributed by atoms with Gasteiger partial charge in [-0.2, -0.15) is 0 Å². The van der Waals surface area contributed by atoms with Gasteiger partial charge in [-0.1, -0.05) is 39.2 Å². The Morgan fingerprint density at radius 2 is 1.67 bits per heavy atom. The second kappa shape index (κ2) is 8.80. The van der Waals surface area contributed by atoms with E-state index in [1.54, 1.807) is 0 Å². The van der Waals surface area contributed by atoms with Crippen molar-refractivity contribution in [2.45, 2.75) is 110 Å². The van der Waals surface area contributed by atoms with Crippen molar-refractivity contribution in [2.24, 2.45) is 0 Å². The van der Waals surface area contributed by atoms with Gasteiger partial charge in [-0.3, -0.25) is 4.79 Å².